The highest BCUT2D eigenvalue weighted by Crippen LogP contribution is 2.23. The average Bonchev–Trinajstić information content (AvgIpc) is 2.95. The van der Waals surface area contributed by atoms with E-state index in [9.17, 15) is 4.79 Å². The minimum Gasteiger partial charge on any atom is -0.478 e. The maximum absolute atomic E-state index is 12.7. The normalized spacial score (nSPS) is 15.3. The quantitative estimate of drug-likeness (QED) is 0.712. The van der Waals surface area contributed by atoms with Crippen molar-refractivity contribution in [1.29, 1.82) is 0 Å². The fourth-order valence-corrected chi connectivity index (χ4v) is 2.61. The molecule has 0 spiro atoms. The van der Waals surface area contributed by atoms with Crippen LogP contribution in [-0.2, 0) is 16.0 Å². The molecule has 0 aromatic heterocycles. The van der Waals surface area contributed by atoms with Crippen LogP contribution in [0.1, 0.15) is 31.7 Å². The molecule has 0 saturated carbocycles. The Bertz CT molecular complexity index is 507. The van der Waals surface area contributed by atoms with E-state index in [0.29, 0.717) is 6.73 Å². The Morgan fingerprint density at radius 2 is 2.19 bits per heavy atom. The van der Waals surface area contributed by atoms with E-state index >= 15 is 0 Å². The van der Waals surface area contributed by atoms with Gasteiger partial charge in [0.2, 0.25) is 5.91 Å². The van der Waals surface area contributed by atoms with Crippen molar-refractivity contribution in [3.63, 3.8) is 0 Å². The number of hydrogen-bond acceptors (Lipinski definition) is 2. The van der Waals surface area contributed by atoms with Crippen LogP contribution in [0.25, 0.3) is 0 Å². The van der Waals surface area contributed by atoms with Gasteiger partial charge >= 0.3 is 0 Å². The number of ether oxygens (including phenoxy) is 1. The fraction of sp³-hybridized carbons (Fsp3) is 0.389. The van der Waals surface area contributed by atoms with Gasteiger partial charge in [-0.15, -0.1) is 6.58 Å². The number of benzene rings is 1. The van der Waals surface area contributed by atoms with Crippen LogP contribution in [0.5, 0.6) is 0 Å². The van der Waals surface area contributed by atoms with E-state index < -0.39 is 0 Å². The lowest BCUT2D eigenvalue weighted by Crippen LogP contribution is -2.34. The first-order valence-corrected chi connectivity index (χ1v) is 7.53. The summed E-state index contributed by atoms with van der Waals surface area (Å²) in [6.45, 7) is 6.20. The molecular weight excluding hydrogens is 262 g/mol. The van der Waals surface area contributed by atoms with Gasteiger partial charge in [0.1, 0.15) is 6.26 Å². The Labute approximate surface area is 126 Å². The molecule has 0 saturated heterocycles. The molecule has 0 fully saturated rings. The first kappa shape index (κ1) is 15.4. The molecule has 2 rings (SSSR count). The maximum Gasteiger partial charge on any atom is 0.232 e. The summed E-state index contributed by atoms with van der Waals surface area (Å²) in [6, 6.07) is 10.1. The van der Waals surface area contributed by atoms with E-state index in [1.807, 2.05) is 24.3 Å². The van der Waals surface area contributed by atoms with E-state index in [2.05, 4.69) is 25.6 Å². The molecule has 112 valence electrons. The average molecular weight is 285 g/mol. The number of rotatable bonds is 7. The molecule has 3 heteroatoms. The van der Waals surface area contributed by atoms with Crippen LogP contribution in [-0.4, -0.2) is 17.5 Å². The lowest BCUT2D eigenvalue weighted by atomic mass is 9.97. The molecule has 1 aliphatic heterocycles. The molecule has 1 aromatic carbocycles. The van der Waals surface area contributed by atoms with Gasteiger partial charge in [-0.1, -0.05) is 49.8 Å². The summed E-state index contributed by atoms with van der Waals surface area (Å²) in [7, 11) is 0. The van der Waals surface area contributed by atoms with Crippen LogP contribution < -0.4 is 0 Å². The Balaban J connectivity index is 2.06. The van der Waals surface area contributed by atoms with Gasteiger partial charge in [-0.25, -0.2) is 0 Å². The molecule has 0 radical (unpaired) electrons. The Morgan fingerprint density at radius 3 is 2.86 bits per heavy atom. The zero-order valence-corrected chi connectivity index (χ0v) is 12.6. The molecule has 0 unspecified atom stereocenters. The third kappa shape index (κ3) is 3.97. The summed E-state index contributed by atoms with van der Waals surface area (Å²) in [5, 5.41) is 0. The van der Waals surface area contributed by atoms with Crippen molar-refractivity contribution in [3.8, 4) is 0 Å². The van der Waals surface area contributed by atoms with Gasteiger partial charge in [0.15, 0.2) is 6.73 Å². The fourth-order valence-electron chi connectivity index (χ4n) is 2.61. The summed E-state index contributed by atoms with van der Waals surface area (Å²) in [6.07, 6.45) is 6.87. The molecule has 0 aliphatic carbocycles. The molecule has 1 atom stereocenters. The molecule has 1 amide bonds. The first-order chi connectivity index (χ1) is 10.3. The predicted molar refractivity (Wildman–Crippen MR) is 84.2 cm³/mol. The number of allylic oxidation sites excluding steroid dienone is 2. The minimum absolute atomic E-state index is 0.00775. The van der Waals surface area contributed by atoms with Crippen LogP contribution in [0.3, 0.4) is 0 Å². The van der Waals surface area contributed by atoms with Gasteiger partial charge in [0.05, 0.1) is 5.70 Å². The standard InChI is InChI=1S/C18H23NO2/c1-3-8-16(9-4-2)18(20)19-14-21-13-17(19)12-15-10-6-5-7-11-15/h3,5-7,10-11,13,16H,1,4,8-9,12,14H2,2H3/t16-/m0/s1. The van der Waals surface area contributed by atoms with Gasteiger partial charge in [0.25, 0.3) is 0 Å². The summed E-state index contributed by atoms with van der Waals surface area (Å²) < 4.78 is 5.39. The molecule has 1 aliphatic rings. The van der Waals surface area contributed by atoms with Crippen molar-refractivity contribution in [2.75, 3.05) is 6.73 Å². The van der Waals surface area contributed by atoms with E-state index in [0.717, 1.165) is 31.4 Å². The van der Waals surface area contributed by atoms with Crippen molar-refractivity contribution in [1.82, 2.24) is 4.90 Å². The highest BCUT2D eigenvalue weighted by Gasteiger charge is 2.28. The van der Waals surface area contributed by atoms with Crippen molar-refractivity contribution >= 4 is 5.91 Å². The summed E-state index contributed by atoms with van der Waals surface area (Å²) in [4.78, 5) is 14.5. The van der Waals surface area contributed by atoms with Gasteiger partial charge in [-0.05, 0) is 18.4 Å². The number of nitrogens with zero attached hydrogens (tertiary/aromatic N) is 1. The van der Waals surface area contributed by atoms with E-state index in [4.69, 9.17) is 4.74 Å². The second-order valence-electron chi connectivity index (χ2n) is 5.34. The van der Waals surface area contributed by atoms with Crippen LogP contribution in [0, 0.1) is 5.92 Å². The van der Waals surface area contributed by atoms with Gasteiger partial charge < -0.3 is 4.74 Å². The van der Waals surface area contributed by atoms with Crippen LogP contribution in [0.15, 0.2) is 54.9 Å². The van der Waals surface area contributed by atoms with Crippen LogP contribution in [0.4, 0.5) is 0 Å². The lowest BCUT2D eigenvalue weighted by Gasteiger charge is -2.23. The maximum atomic E-state index is 12.7. The second-order valence-corrected chi connectivity index (χ2v) is 5.34. The van der Waals surface area contributed by atoms with Gasteiger partial charge in [-0.2, -0.15) is 0 Å². The van der Waals surface area contributed by atoms with E-state index in [-0.39, 0.29) is 11.8 Å². The lowest BCUT2D eigenvalue weighted by molar-refractivity contribution is -0.135. The van der Waals surface area contributed by atoms with Crippen LogP contribution >= 0.6 is 0 Å². The van der Waals surface area contributed by atoms with Crippen molar-refractivity contribution in [2.45, 2.75) is 32.6 Å². The molecule has 1 aromatic rings. The zero-order chi connectivity index (χ0) is 15.1. The monoisotopic (exact) mass is 285 g/mol. The number of carbonyl (C=O) groups is 1. The Morgan fingerprint density at radius 1 is 1.43 bits per heavy atom. The molecule has 21 heavy (non-hydrogen) atoms. The highest BCUT2D eigenvalue weighted by molar-refractivity contribution is 5.81. The molecule has 0 N–H and O–H groups in total. The minimum atomic E-state index is 0.00775. The van der Waals surface area contributed by atoms with E-state index in [1.54, 1.807) is 11.2 Å². The van der Waals surface area contributed by atoms with Crippen LogP contribution in [0.2, 0.25) is 0 Å². The summed E-state index contributed by atoms with van der Waals surface area (Å²) in [5.74, 6) is 0.157. The highest BCUT2D eigenvalue weighted by atomic mass is 16.5. The molecular formula is C18H23NO2. The van der Waals surface area contributed by atoms with Crippen molar-refractivity contribution in [3.05, 3.63) is 60.5 Å². The third-order valence-electron chi connectivity index (χ3n) is 3.70. The van der Waals surface area contributed by atoms with Crippen molar-refractivity contribution in [2.24, 2.45) is 5.92 Å². The molecule has 3 nitrogen and oxygen atoms in total. The molecule has 1 heterocycles. The Hall–Kier alpha value is -2.03. The number of hydrogen-bond donors (Lipinski definition) is 0. The Kier molecular flexibility index (Phi) is 5.61. The number of carbonyl (C=O) groups excluding carboxylic acids is 1. The first-order valence-electron chi connectivity index (χ1n) is 7.53. The van der Waals surface area contributed by atoms with Gasteiger partial charge in [0, 0.05) is 12.3 Å². The van der Waals surface area contributed by atoms with E-state index in [1.165, 1.54) is 5.56 Å². The SMILES string of the molecule is C=CC[C@@H](CCC)C(=O)N1COC=C1Cc1ccccc1. The largest absolute Gasteiger partial charge is 0.478 e. The predicted octanol–water partition coefficient (Wildman–Crippen LogP) is 3.88. The summed E-state index contributed by atoms with van der Waals surface area (Å²) in [5.41, 5.74) is 2.12. The van der Waals surface area contributed by atoms with Crippen molar-refractivity contribution < 1.29 is 9.53 Å². The third-order valence-corrected chi connectivity index (χ3v) is 3.70. The molecule has 0 bridgehead atoms. The summed E-state index contributed by atoms with van der Waals surface area (Å²) >= 11 is 0. The topological polar surface area (TPSA) is 29.5 Å². The second kappa shape index (κ2) is 7.67. The van der Waals surface area contributed by atoms with Gasteiger partial charge in [-0.3, -0.25) is 9.69 Å². The zero-order valence-electron chi connectivity index (χ0n) is 12.6. The smallest absolute Gasteiger partial charge is 0.232 e. The number of amides is 1.